The monoisotopic (exact) mass is 406 g/mol. The highest BCUT2D eigenvalue weighted by molar-refractivity contribution is 5.86. The first kappa shape index (κ1) is 20.6. The van der Waals surface area contributed by atoms with Crippen molar-refractivity contribution in [3.05, 3.63) is 88.0 Å². The van der Waals surface area contributed by atoms with Gasteiger partial charge in [-0.3, -0.25) is 10.1 Å². The number of hydrogen-bond acceptors (Lipinski definition) is 7. The largest absolute Gasteiger partial charge is 0.530 e. The number of nitrogens with two attached hydrogens (primary N) is 1. The SMILES string of the molecule is CCN(C(=O)[O-])c1cc(N)c([N+](=O)[O-])c(NC(c2ccccc2)c2ccccc2)n1. The molecule has 2 aromatic carbocycles. The van der Waals surface area contributed by atoms with Crippen molar-refractivity contribution in [1.29, 1.82) is 0 Å². The molecular formula is C21H20N5O4-. The fourth-order valence-electron chi connectivity index (χ4n) is 3.15. The zero-order valence-electron chi connectivity index (χ0n) is 16.2. The molecule has 3 N–H and O–H groups in total. The average Bonchev–Trinajstić information content (AvgIpc) is 2.73. The van der Waals surface area contributed by atoms with Gasteiger partial charge in [-0.15, -0.1) is 0 Å². The van der Waals surface area contributed by atoms with Gasteiger partial charge in [0.05, 0.1) is 11.0 Å². The third kappa shape index (κ3) is 4.30. The van der Waals surface area contributed by atoms with Crippen molar-refractivity contribution in [1.82, 2.24) is 4.98 Å². The van der Waals surface area contributed by atoms with Crippen molar-refractivity contribution in [2.45, 2.75) is 13.0 Å². The van der Waals surface area contributed by atoms with E-state index in [0.717, 1.165) is 22.1 Å². The van der Waals surface area contributed by atoms with E-state index in [4.69, 9.17) is 5.73 Å². The second-order valence-corrected chi connectivity index (χ2v) is 6.43. The molecule has 0 unspecified atom stereocenters. The van der Waals surface area contributed by atoms with Crippen LogP contribution in [0.3, 0.4) is 0 Å². The first-order valence-corrected chi connectivity index (χ1v) is 9.22. The Morgan fingerprint density at radius 2 is 1.67 bits per heavy atom. The van der Waals surface area contributed by atoms with Gasteiger partial charge in [0.1, 0.15) is 17.6 Å². The zero-order valence-corrected chi connectivity index (χ0v) is 16.2. The minimum Gasteiger partial charge on any atom is -0.530 e. The van der Waals surface area contributed by atoms with E-state index < -0.39 is 22.7 Å². The quantitative estimate of drug-likeness (QED) is 0.454. The lowest BCUT2D eigenvalue weighted by Crippen LogP contribution is -2.41. The summed E-state index contributed by atoms with van der Waals surface area (Å²) in [6.07, 6.45) is -1.48. The lowest BCUT2D eigenvalue weighted by Gasteiger charge is -2.25. The number of nitrogen functional groups attached to an aromatic ring is 1. The Hall–Kier alpha value is -4.14. The van der Waals surface area contributed by atoms with Gasteiger partial charge in [-0.05, 0) is 18.1 Å². The Bertz CT molecular complexity index is 1000. The first-order valence-electron chi connectivity index (χ1n) is 9.22. The zero-order chi connectivity index (χ0) is 21.7. The van der Waals surface area contributed by atoms with Crippen LogP contribution in [0.2, 0.25) is 0 Å². The van der Waals surface area contributed by atoms with Gasteiger partial charge in [0.25, 0.3) is 0 Å². The Labute approximate surface area is 172 Å². The minimum absolute atomic E-state index is 0.0484. The van der Waals surface area contributed by atoms with Crippen LogP contribution in [0.4, 0.5) is 27.8 Å². The minimum atomic E-state index is -1.48. The molecular weight excluding hydrogens is 386 g/mol. The molecule has 0 saturated heterocycles. The topological polar surface area (TPSA) is 137 Å². The van der Waals surface area contributed by atoms with Gasteiger partial charge >= 0.3 is 5.69 Å². The molecule has 0 aliphatic heterocycles. The van der Waals surface area contributed by atoms with Gasteiger partial charge in [-0.25, -0.2) is 4.98 Å². The van der Waals surface area contributed by atoms with E-state index in [-0.39, 0.29) is 23.9 Å². The van der Waals surface area contributed by atoms with Crippen LogP contribution in [-0.4, -0.2) is 22.5 Å². The molecule has 9 heteroatoms. The molecule has 3 rings (SSSR count). The van der Waals surface area contributed by atoms with Gasteiger partial charge in [0.2, 0.25) is 5.82 Å². The summed E-state index contributed by atoms with van der Waals surface area (Å²) < 4.78 is 0. The molecule has 0 fully saturated rings. The summed E-state index contributed by atoms with van der Waals surface area (Å²) in [5.41, 5.74) is 6.97. The molecule has 1 heterocycles. The molecule has 9 nitrogen and oxygen atoms in total. The van der Waals surface area contributed by atoms with Gasteiger partial charge in [0, 0.05) is 12.6 Å². The number of carbonyl (C=O) groups excluding carboxylic acids is 1. The molecule has 0 atom stereocenters. The second-order valence-electron chi connectivity index (χ2n) is 6.43. The number of nitrogens with zero attached hydrogens (tertiary/aromatic N) is 3. The summed E-state index contributed by atoms with van der Waals surface area (Å²) in [4.78, 5) is 27.5. The third-order valence-electron chi connectivity index (χ3n) is 4.55. The van der Waals surface area contributed by atoms with Gasteiger partial charge < -0.3 is 25.9 Å². The van der Waals surface area contributed by atoms with Crippen LogP contribution in [0.25, 0.3) is 0 Å². The molecule has 0 aliphatic carbocycles. The molecule has 0 aliphatic rings. The number of benzene rings is 2. The van der Waals surface area contributed by atoms with Crippen molar-refractivity contribution in [3.63, 3.8) is 0 Å². The molecule has 154 valence electrons. The number of carbonyl (C=O) groups is 1. The molecule has 1 aromatic heterocycles. The highest BCUT2D eigenvalue weighted by Gasteiger charge is 2.26. The van der Waals surface area contributed by atoms with Gasteiger partial charge in [-0.2, -0.15) is 0 Å². The Balaban J connectivity index is 2.15. The Morgan fingerprint density at radius 1 is 1.13 bits per heavy atom. The third-order valence-corrected chi connectivity index (χ3v) is 4.55. The predicted molar refractivity (Wildman–Crippen MR) is 112 cm³/mol. The van der Waals surface area contributed by atoms with Crippen molar-refractivity contribution < 1.29 is 14.8 Å². The number of nitrogens with one attached hydrogen (secondary N) is 1. The number of anilines is 3. The van der Waals surface area contributed by atoms with Crippen LogP contribution in [0.1, 0.15) is 24.1 Å². The summed E-state index contributed by atoms with van der Waals surface area (Å²) in [6, 6.07) is 19.3. The van der Waals surface area contributed by atoms with E-state index in [1.54, 1.807) is 6.92 Å². The summed E-state index contributed by atoms with van der Waals surface area (Å²) in [5, 5.41) is 26.2. The van der Waals surface area contributed by atoms with Crippen molar-refractivity contribution in [2.24, 2.45) is 0 Å². The lowest BCUT2D eigenvalue weighted by molar-refractivity contribution is -0.383. The maximum Gasteiger partial charge on any atom is 0.334 e. The van der Waals surface area contributed by atoms with E-state index in [1.165, 1.54) is 0 Å². The number of rotatable bonds is 7. The summed E-state index contributed by atoms with van der Waals surface area (Å²) in [5.74, 6) is -0.185. The fraction of sp³-hybridized carbons (Fsp3) is 0.143. The Morgan fingerprint density at radius 3 is 2.10 bits per heavy atom. The van der Waals surface area contributed by atoms with Crippen LogP contribution in [-0.2, 0) is 0 Å². The number of amides is 1. The molecule has 3 aromatic rings. The average molecular weight is 406 g/mol. The van der Waals surface area contributed by atoms with E-state index in [0.29, 0.717) is 0 Å². The van der Waals surface area contributed by atoms with Gasteiger partial charge in [0.15, 0.2) is 0 Å². The highest BCUT2D eigenvalue weighted by atomic mass is 16.6. The smallest absolute Gasteiger partial charge is 0.334 e. The fourth-order valence-corrected chi connectivity index (χ4v) is 3.15. The van der Waals surface area contributed by atoms with Crippen molar-refractivity contribution in [3.8, 4) is 0 Å². The molecule has 0 spiro atoms. The lowest BCUT2D eigenvalue weighted by atomic mass is 9.98. The molecule has 0 saturated carbocycles. The van der Waals surface area contributed by atoms with Crippen LogP contribution in [0.15, 0.2) is 66.7 Å². The number of carboxylic acid groups (broad SMARTS) is 1. The predicted octanol–water partition coefficient (Wildman–Crippen LogP) is 2.94. The number of hydrogen-bond donors (Lipinski definition) is 2. The van der Waals surface area contributed by atoms with E-state index in [2.05, 4.69) is 10.3 Å². The van der Waals surface area contributed by atoms with Crippen molar-refractivity contribution >= 4 is 29.1 Å². The normalized spacial score (nSPS) is 10.6. The Kier molecular flexibility index (Phi) is 6.11. The summed E-state index contributed by atoms with van der Waals surface area (Å²) in [6.45, 7) is 1.64. The van der Waals surface area contributed by atoms with Crippen LogP contribution in [0, 0.1) is 10.1 Å². The molecule has 0 bridgehead atoms. The maximum absolute atomic E-state index is 11.7. The van der Waals surface area contributed by atoms with Crippen LogP contribution >= 0.6 is 0 Å². The molecule has 0 radical (unpaired) electrons. The summed E-state index contributed by atoms with van der Waals surface area (Å²) >= 11 is 0. The number of nitro groups is 1. The van der Waals surface area contributed by atoms with Crippen molar-refractivity contribution in [2.75, 3.05) is 22.5 Å². The summed E-state index contributed by atoms with van der Waals surface area (Å²) in [7, 11) is 0. The van der Waals surface area contributed by atoms with Gasteiger partial charge in [-0.1, -0.05) is 60.7 Å². The number of aromatic nitrogens is 1. The number of pyridine rings is 1. The van der Waals surface area contributed by atoms with Crippen LogP contribution in [0.5, 0.6) is 0 Å². The molecule has 30 heavy (non-hydrogen) atoms. The van der Waals surface area contributed by atoms with E-state index in [1.807, 2.05) is 60.7 Å². The molecule has 1 amide bonds. The highest BCUT2D eigenvalue weighted by Crippen LogP contribution is 2.36. The van der Waals surface area contributed by atoms with E-state index in [9.17, 15) is 20.0 Å². The first-order chi connectivity index (χ1) is 14.4. The van der Waals surface area contributed by atoms with E-state index >= 15 is 0 Å². The maximum atomic E-state index is 11.7. The second kappa shape index (κ2) is 8.91. The van der Waals surface area contributed by atoms with Crippen LogP contribution < -0.4 is 21.1 Å². The standard InChI is InChI=1S/C21H21N5O4/c1-2-25(21(27)28)17-13-16(22)19(26(29)30)20(23-17)24-18(14-9-5-3-6-10-14)15-11-7-4-8-12-15/h3-13,18H,2H2,1H3,(H,27,28)(H3,22,23,24)/p-1.